The molecule has 144 valence electrons. The Morgan fingerprint density at radius 1 is 1.19 bits per heavy atom. The molecule has 0 unspecified atom stereocenters. The van der Waals surface area contributed by atoms with E-state index in [0.29, 0.717) is 31.8 Å². The second kappa shape index (κ2) is 7.35. The molecule has 0 saturated carbocycles. The Hall–Kier alpha value is -2.34. The van der Waals surface area contributed by atoms with E-state index in [1.54, 1.807) is 0 Å². The molecule has 0 spiro atoms. The van der Waals surface area contributed by atoms with Crippen molar-refractivity contribution in [2.24, 2.45) is 0 Å². The largest absolute Gasteiger partial charge is 0.479 e. The summed E-state index contributed by atoms with van der Waals surface area (Å²) in [5.41, 5.74) is 3.90. The molecule has 0 aliphatic carbocycles. The van der Waals surface area contributed by atoms with Crippen molar-refractivity contribution in [3.05, 3.63) is 35.5 Å². The van der Waals surface area contributed by atoms with Gasteiger partial charge in [-0.15, -0.1) is 0 Å². The number of hydrogen-bond acceptors (Lipinski definition) is 3. The van der Waals surface area contributed by atoms with Crippen LogP contribution in [0.4, 0.5) is 0 Å². The van der Waals surface area contributed by atoms with Crippen LogP contribution in [0.1, 0.15) is 49.7 Å². The van der Waals surface area contributed by atoms with E-state index < -0.39 is 18.2 Å². The number of aromatic nitrogens is 1. The predicted octanol–water partition coefficient (Wildman–Crippen LogP) is 3.07. The fourth-order valence-corrected chi connectivity index (χ4v) is 4.49. The number of likely N-dealkylation sites (tertiary alicyclic amines) is 1. The van der Waals surface area contributed by atoms with Crippen LogP contribution in [-0.4, -0.2) is 52.2 Å². The Morgan fingerprint density at radius 3 is 2.59 bits per heavy atom. The van der Waals surface area contributed by atoms with E-state index in [0.717, 1.165) is 19.3 Å². The van der Waals surface area contributed by atoms with E-state index >= 15 is 0 Å². The third kappa shape index (κ3) is 3.34. The highest BCUT2D eigenvalue weighted by Crippen LogP contribution is 2.35. The van der Waals surface area contributed by atoms with Crippen LogP contribution >= 0.6 is 0 Å². The number of nitrogens with one attached hydrogen (secondary N) is 1. The Balaban J connectivity index is 1.41. The van der Waals surface area contributed by atoms with E-state index in [1.807, 2.05) is 4.90 Å². The van der Waals surface area contributed by atoms with Crippen molar-refractivity contribution in [1.82, 2.24) is 9.88 Å². The van der Waals surface area contributed by atoms with Crippen LogP contribution in [0.3, 0.4) is 0 Å². The van der Waals surface area contributed by atoms with Crippen molar-refractivity contribution < 1.29 is 19.4 Å². The van der Waals surface area contributed by atoms with Crippen molar-refractivity contribution in [2.75, 3.05) is 13.1 Å². The third-order valence-electron chi connectivity index (χ3n) is 6.03. The zero-order valence-corrected chi connectivity index (χ0v) is 15.6. The third-order valence-corrected chi connectivity index (χ3v) is 6.03. The minimum absolute atomic E-state index is 0.0515. The molecular formula is C21H26N2O4. The minimum Gasteiger partial charge on any atom is -0.479 e. The molecule has 27 heavy (non-hydrogen) atoms. The molecule has 2 saturated heterocycles. The van der Waals surface area contributed by atoms with Crippen LogP contribution in [0, 0.1) is 0 Å². The first-order valence-corrected chi connectivity index (χ1v) is 9.84. The number of carboxylic acid groups (broad SMARTS) is 1. The van der Waals surface area contributed by atoms with Gasteiger partial charge in [0.2, 0.25) is 0 Å². The molecule has 6 heteroatoms. The summed E-state index contributed by atoms with van der Waals surface area (Å²) in [5.74, 6) is -0.592. The molecule has 2 atom stereocenters. The number of amides is 1. The number of piperidine rings is 1. The van der Waals surface area contributed by atoms with Crippen molar-refractivity contribution in [2.45, 2.75) is 57.2 Å². The van der Waals surface area contributed by atoms with Crippen molar-refractivity contribution in [1.29, 1.82) is 0 Å². The fourth-order valence-electron chi connectivity index (χ4n) is 4.49. The number of aliphatic carboxylic acids is 1. The van der Waals surface area contributed by atoms with E-state index in [-0.39, 0.29) is 5.91 Å². The van der Waals surface area contributed by atoms with Crippen LogP contribution in [0.25, 0.3) is 10.9 Å². The summed E-state index contributed by atoms with van der Waals surface area (Å²) in [6, 6.07) is 6.46. The Morgan fingerprint density at radius 2 is 1.93 bits per heavy atom. The molecule has 2 aromatic rings. The number of aromatic amines is 1. The van der Waals surface area contributed by atoms with Gasteiger partial charge in [-0.05, 0) is 49.1 Å². The molecule has 1 aromatic heterocycles. The zero-order chi connectivity index (χ0) is 19.0. The number of nitrogens with zero attached hydrogens (tertiary/aromatic N) is 1. The number of H-pyrrole nitrogens is 1. The summed E-state index contributed by atoms with van der Waals surface area (Å²) in [4.78, 5) is 29.0. The van der Waals surface area contributed by atoms with Crippen molar-refractivity contribution in [3.8, 4) is 0 Å². The molecule has 2 fully saturated rings. The fraction of sp³-hybridized carbons (Fsp3) is 0.524. The number of carbonyl (C=O) groups excluding carboxylic acids is 1. The van der Waals surface area contributed by atoms with E-state index in [4.69, 9.17) is 9.84 Å². The van der Waals surface area contributed by atoms with Crippen molar-refractivity contribution in [3.63, 3.8) is 0 Å². The minimum atomic E-state index is -0.977. The lowest BCUT2D eigenvalue weighted by Crippen LogP contribution is -2.43. The van der Waals surface area contributed by atoms with Crippen LogP contribution < -0.4 is 0 Å². The van der Waals surface area contributed by atoms with Gasteiger partial charge in [-0.1, -0.05) is 25.1 Å². The van der Waals surface area contributed by atoms with E-state index in [1.165, 1.54) is 22.0 Å². The van der Waals surface area contributed by atoms with Gasteiger partial charge in [-0.2, -0.15) is 0 Å². The van der Waals surface area contributed by atoms with E-state index in [9.17, 15) is 9.59 Å². The summed E-state index contributed by atoms with van der Waals surface area (Å²) in [6.45, 7) is 3.56. The van der Waals surface area contributed by atoms with Crippen LogP contribution in [0.5, 0.6) is 0 Å². The molecule has 6 nitrogen and oxygen atoms in total. The number of ether oxygens (including phenoxy) is 1. The summed E-state index contributed by atoms with van der Waals surface area (Å²) >= 11 is 0. The Labute approximate surface area is 158 Å². The first kappa shape index (κ1) is 18.0. The standard InChI is InChI=1S/C21H26N2O4/c1-2-13-4-3-5-15-16(12-22-19(13)15)14-8-10-23(11-9-14)20(24)17-6-7-18(27-17)21(25)26/h3-5,12,14,17-18,22H,2,6-11H2,1H3,(H,25,26)/t17-,18+/m0/s1. The highest BCUT2D eigenvalue weighted by atomic mass is 16.5. The van der Waals surface area contributed by atoms with Gasteiger partial charge in [0.05, 0.1) is 0 Å². The molecular weight excluding hydrogens is 344 g/mol. The topological polar surface area (TPSA) is 82.6 Å². The van der Waals surface area contributed by atoms with Gasteiger partial charge in [0, 0.05) is 30.2 Å². The van der Waals surface area contributed by atoms with Crippen LogP contribution in [-0.2, 0) is 20.7 Å². The molecule has 1 amide bonds. The van der Waals surface area contributed by atoms with Gasteiger partial charge in [-0.25, -0.2) is 4.79 Å². The SMILES string of the molecule is CCc1cccc2c(C3CCN(C(=O)[C@@H]4CC[C@H](C(=O)O)O4)CC3)c[nH]c12. The number of rotatable bonds is 4. The maximum absolute atomic E-state index is 12.7. The summed E-state index contributed by atoms with van der Waals surface area (Å²) < 4.78 is 5.42. The van der Waals surface area contributed by atoms with Crippen molar-refractivity contribution >= 4 is 22.8 Å². The second-order valence-corrected chi connectivity index (χ2v) is 7.57. The highest BCUT2D eigenvalue weighted by molar-refractivity contribution is 5.87. The maximum Gasteiger partial charge on any atom is 0.332 e. The molecule has 3 heterocycles. The van der Waals surface area contributed by atoms with Gasteiger partial charge in [0.1, 0.15) is 6.10 Å². The molecule has 2 N–H and O–H groups in total. The summed E-state index contributed by atoms with van der Waals surface area (Å²) in [5, 5.41) is 10.3. The monoisotopic (exact) mass is 370 g/mol. The molecule has 2 aliphatic heterocycles. The molecule has 1 aromatic carbocycles. The second-order valence-electron chi connectivity index (χ2n) is 7.57. The van der Waals surface area contributed by atoms with Gasteiger partial charge in [-0.3, -0.25) is 4.79 Å². The lowest BCUT2D eigenvalue weighted by molar-refractivity contribution is -0.155. The van der Waals surface area contributed by atoms with E-state index in [2.05, 4.69) is 36.3 Å². The lowest BCUT2D eigenvalue weighted by Gasteiger charge is -2.33. The maximum atomic E-state index is 12.7. The zero-order valence-electron chi connectivity index (χ0n) is 15.6. The predicted molar refractivity (Wildman–Crippen MR) is 102 cm³/mol. The number of hydrogen-bond donors (Lipinski definition) is 2. The van der Waals surface area contributed by atoms with Gasteiger partial charge >= 0.3 is 5.97 Å². The van der Waals surface area contributed by atoms with Gasteiger partial charge < -0.3 is 19.7 Å². The molecule has 4 rings (SSSR count). The summed E-state index contributed by atoms with van der Waals surface area (Å²) in [7, 11) is 0. The Bertz CT molecular complexity index is 851. The smallest absolute Gasteiger partial charge is 0.332 e. The number of aryl methyl sites for hydroxylation is 1. The Kier molecular flexibility index (Phi) is 4.91. The molecule has 2 aliphatic rings. The van der Waals surface area contributed by atoms with Gasteiger partial charge in [0.15, 0.2) is 6.10 Å². The molecule has 0 radical (unpaired) electrons. The average Bonchev–Trinajstić information content (AvgIpc) is 3.35. The number of carboxylic acids is 1. The number of para-hydroxylation sites is 1. The number of fused-ring (bicyclic) bond motifs is 1. The number of benzene rings is 1. The number of carbonyl (C=O) groups is 2. The van der Waals surface area contributed by atoms with Crippen LogP contribution in [0.15, 0.2) is 24.4 Å². The van der Waals surface area contributed by atoms with Crippen LogP contribution in [0.2, 0.25) is 0 Å². The quantitative estimate of drug-likeness (QED) is 0.866. The lowest BCUT2D eigenvalue weighted by atomic mass is 9.88. The molecule has 0 bridgehead atoms. The first-order chi connectivity index (χ1) is 13.1. The normalized spacial score (nSPS) is 23.8. The van der Waals surface area contributed by atoms with Gasteiger partial charge in [0.25, 0.3) is 5.91 Å². The average molecular weight is 370 g/mol. The summed E-state index contributed by atoms with van der Waals surface area (Å²) in [6.07, 6.45) is 4.45. The highest BCUT2D eigenvalue weighted by Gasteiger charge is 2.37. The first-order valence-electron chi connectivity index (χ1n) is 9.84.